The van der Waals surface area contributed by atoms with Gasteiger partial charge in [0.05, 0.1) is 31.9 Å². The van der Waals surface area contributed by atoms with Gasteiger partial charge in [0.25, 0.3) is 5.78 Å². The first-order chi connectivity index (χ1) is 18.1. The lowest BCUT2D eigenvalue weighted by Gasteiger charge is -2.23. The molecular weight excluding hydrogens is 543 g/mol. The van der Waals surface area contributed by atoms with Gasteiger partial charge < -0.3 is 9.84 Å². The number of aliphatic hydroxyl groups is 1. The fourth-order valence-corrected chi connectivity index (χ4v) is 6.69. The molecule has 0 aliphatic carbocycles. The van der Waals surface area contributed by atoms with Crippen LogP contribution in [0.3, 0.4) is 0 Å². The first kappa shape index (κ1) is 24.9. The monoisotopic (exact) mass is 564 g/mol. The molecule has 2 unspecified atom stereocenters. The summed E-state index contributed by atoms with van der Waals surface area (Å²) in [7, 11) is 0. The number of hydrogen-bond donors (Lipinski definition) is 1. The topological polar surface area (TPSA) is 79.7 Å². The van der Waals surface area contributed by atoms with Gasteiger partial charge in [-0.1, -0.05) is 46.7 Å². The summed E-state index contributed by atoms with van der Waals surface area (Å²) >= 11 is 13.9. The van der Waals surface area contributed by atoms with E-state index in [2.05, 4.69) is 0 Å². The predicted molar refractivity (Wildman–Crippen MR) is 151 cm³/mol. The number of ether oxygens (including phenoxy) is 1. The third kappa shape index (κ3) is 3.97. The maximum absolute atomic E-state index is 13.6. The van der Waals surface area contributed by atoms with Crippen LogP contribution in [0, 0.1) is 13.8 Å². The Morgan fingerprint density at radius 1 is 1.08 bits per heavy atom. The Morgan fingerprint density at radius 3 is 2.63 bits per heavy atom. The smallest absolute Gasteiger partial charge is 0.301 e. The molecule has 1 saturated heterocycles. The van der Waals surface area contributed by atoms with E-state index in [1.54, 1.807) is 36.4 Å². The minimum atomic E-state index is -0.949. The fraction of sp³-hybridized carbons (Fsp3) is 0.207. The van der Waals surface area contributed by atoms with Gasteiger partial charge in [-0.05, 0) is 79.4 Å². The largest absolute Gasteiger partial charge is 0.507 e. The van der Waals surface area contributed by atoms with Crippen LogP contribution in [0.4, 0.5) is 5.13 Å². The molecular formula is C29H22Cl2N2O4S. The normalized spacial score (nSPS) is 20.3. The molecule has 9 heteroatoms. The van der Waals surface area contributed by atoms with Crippen molar-refractivity contribution >= 4 is 67.3 Å². The number of fused-ring (bicyclic) bond motifs is 2. The Bertz CT molecular complexity index is 1710. The predicted octanol–water partition coefficient (Wildman–Crippen LogP) is 7.17. The molecule has 3 heterocycles. The second kappa shape index (κ2) is 9.12. The van der Waals surface area contributed by atoms with Crippen molar-refractivity contribution < 1.29 is 19.4 Å². The van der Waals surface area contributed by atoms with Gasteiger partial charge in [-0.25, -0.2) is 4.98 Å². The Kier molecular flexibility index (Phi) is 5.98. The molecule has 192 valence electrons. The number of aromatic nitrogens is 1. The number of aryl methyl sites for hydroxylation is 2. The molecule has 0 radical (unpaired) electrons. The van der Waals surface area contributed by atoms with E-state index < -0.39 is 17.7 Å². The lowest BCUT2D eigenvalue weighted by Crippen LogP contribution is -2.29. The number of rotatable bonds is 3. The van der Waals surface area contributed by atoms with Crippen LogP contribution in [0.2, 0.25) is 10.0 Å². The van der Waals surface area contributed by atoms with E-state index in [-0.39, 0.29) is 22.5 Å². The second-order valence-corrected chi connectivity index (χ2v) is 11.5. The minimum absolute atomic E-state index is 0.0234. The van der Waals surface area contributed by atoms with Crippen LogP contribution < -0.4 is 9.64 Å². The van der Waals surface area contributed by atoms with Crippen LogP contribution in [0.15, 0.2) is 54.1 Å². The Hall–Kier alpha value is -3.39. The molecule has 1 amide bonds. The van der Waals surface area contributed by atoms with Crippen molar-refractivity contribution in [3.63, 3.8) is 0 Å². The minimum Gasteiger partial charge on any atom is -0.507 e. The standard InChI is InChI=1S/C29H22Cl2N2O4S/c1-13-8-14(2)24-22(9-13)38-29(32-24)33-25(16-4-6-19(30)20(31)12-16)23(27(35)28(33)36)26(34)17-5-7-21-18(11-17)10-15(3)37-21/h4-9,11-12,15,25,34H,10H2,1-3H3. The highest BCUT2D eigenvalue weighted by Crippen LogP contribution is 2.46. The lowest BCUT2D eigenvalue weighted by atomic mass is 9.94. The van der Waals surface area contributed by atoms with Crippen molar-refractivity contribution in [3.05, 3.63) is 92.0 Å². The van der Waals surface area contributed by atoms with E-state index in [1.807, 2.05) is 32.9 Å². The van der Waals surface area contributed by atoms with Gasteiger partial charge in [0.2, 0.25) is 0 Å². The number of halogens is 2. The summed E-state index contributed by atoms with van der Waals surface area (Å²) in [5, 5.41) is 12.5. The SMILES string of the molecule is Cc1cc(C)c2nc(N3C(=O)C(=O)C(=C(O)c4ccc5c(c4)CC(C)O5)C3c3ccc(Cl)c(Cl)c3)sc2c1. The number of aliphatic hydroxyl groups excluding tert-OH is 1. The molecule has 0 bridgehead atoms. The number of nitrogens with zero attached hydrogens (tertiary/aromatic N) is 2. The number of benzene rings is 3. The number of carbonyl (C=O) groups excluding carboxylic acids is 2. The third-order valence-corrected chi connectivity index (χ3v) is 8.64. The average Bonchev–Trinajstić information content (AvgIpc) is 3.53. The molecule has 0 spiro atoms. The molecule has 6 rings (SSSR count). The second-order valence-electron chi connectivity index (χ2n) is 9.72. The van der Waals surface area contributed by atoms with Crippen molar-refractivity contribution in [3.8, 4) is 5.75 Å². The van der Waals surface area contributed by atoms with Crippen LogP contribution in [0.25, 0.3) is 16.0 Å². The average molecular weight is 565 g/mol. The number of carbonyl (C=O) groups is 2. The third-order valence-electron chi connectivity index (χ3n) is 6.90. The molecule has 38 heavy (non-hydrogen) atoms. The summed E-state index contributed by atoms with van der Waals surface area (Å²) in [5.74, 6) is -1.09. The van der Waals surface area contributed by atoms with Gasteiger partial charge in [-0.3, -0.25) is 14.5 Å². The summed E-state index contributed by atoms with van der Waals surface area (Å²) < 4.78 is 6.68. The summed E-state index contributed by atoms with van der Waals surface area (Å²) in [6.07, 6.45) is 0.709. The van der Waals surface area contributed by atoms with Gasteiger partial charge in [0.1, 0.15) is 17.6 Å². The van der Waals surface area contributed by atoms with Gasteiger partial charge >= 0.3 is 5.91 Å². The first-order valence-electron chi connectivity index (χ1n) is 12.1. The van der Waals surface area contributed by atoms with Gasteiger partial charge in [0, 0.05) is 12.0 Å². The lowest BCUT2D eigenvalue weighted by molar-refractivity contribution is -0.132. The van der Waals surface area contributed by atoms with E-state index in [9.17, 15) is 14.7 Å². The zero-order chi connectivity index (χ0) is 26.9. The van der Waals surface area contributed by atoms with Gasteiger partial charge in [-0.2, -0.15) is 0 Å². The van der Waals surface area contributed by atoms with Gasteiger partial charge in [0.15, 0.2) is 5.13 Å². The summed E-state index contributed by atoms with van der Waals surface area (Å²) in [5.41, 5.74) is 4.66. The molecule has 6 nitrogen and oxygen atoms in total. The summed E-state index contributed by atoms with van der Waals surface area (Å²) in [4.78, 5) is 33.2. The van der Waals surface area contributed by atoms with Crippen LogP contribution in [0.5, 0.6) is 5.75 Å². The number of hydrogen-bond acceptors (Lipinski definition) is 6. The van der Waals surface area contributed by atoms with E-state index in [4.69, 9.17) is 32.9 Å². The number of anilines is 1. The quantitative estimate of drug-likeness (QED) is 0.162. The zero-order valence-corrected chi connectivity index (χ0v) is 23.0. The van der Waals surface area contributed by atoms with E-state index in [0.717, 1.165) is 32.7 Å². The van der Waals surface area contributed by atoms with Crippen LogP contribution in [-0.2, 0) is 16.0 Å². The molecule has 1 aromatic heterocycles. The number of thiazole rings is 1. The van der Waals surface area contributed by atoms with E-state index >= 15 is 0 Å². The Morgan fingerprint density at radius 2 is 1.87 bits per heavy atom. The molecule has 4 aromatic rings. The molecule has 2 aliphatic heterocycles. The number of amides is 1. The molecule has 1 fully saturated rings. The highest BCUT2D eigenvalue weighted by atomic mass is 35.5. The van der Waals surface area contributed by atoms with E-state index in [0.29, 0.717) is 27.7 Å². The Labute approximate surface area is 233 Å². The van der Waals surface area contributed by atoms with Crippen molar-refractivity contribution in [2.24, 2.45) is 0 Å². The fourth-order valence-electron chi connectivity index (χ4n) is 5.21. The molecule has 3 aromatic carbocycles. The van der Waals surface area contributed by atoms with Crippen LogP contribution in [-0.4, -0.2) is 27.9 Å². The van der Waals surface area contributed by atoms with Gasteiger partial charge in [-0.15, -0.1) is 0 Å². The Balaban J connectivity index is 1.56. The maximum atomic E-state index is 13.6. The van der Waals surface area contributed by atoms with Crippen molar-refractivity contribution in [2.45, 2.75) is 39.3 Å². The first-order valence-corrected chi connectivity index (χ1v) is 13.6. The van der Waals surface area contributed by atoms with E-state index in [1.165, 1.54) is 16.2 Å². The highest BCUT2D eigenvalue weighted by Gasteiger charge is 2.48. The molecule has 2 atom stereocenters. The highest BCUT2D eigenvalue weighted by molar-refractivity contribution is 7.22. The summed E-state index contributed by atoms with van der Waals surface area (Å²) in [6.45, 7) is 5.93. The molecule has 0 saturated carbocycles. The number of Topliss-reactive ketones (excluding diaryl/α,β-unsaturated/α-hetero) is 1. The van der Waals surface area contributed by atoms with Crippen molar-refractivity contribution in [2.75, 3.05) is 4.90 Å². The van der Waals surface area contributed by atoms with Crippen LogP contribution in [0.1, 0.15) is 40.8 Å². The van der Waals surface area contributed by atoms with Crippen molar-refractivity contribution in [1.29, 1.82) is 0 Å². The summed E-state index contributed by atoms with van der Waals surface area (Å²) in [6, 6.07) is 13.3. The van der Waals surface area contributed by atoms with Crippen LogP contribution >= 0.6 is 34.5 Å². The maximum Gasteiger partial charge on any atom is 0.301 e. The van der Waals surface area contributed by atoms with Crippen molar-refractivity contribution in [1.82, 2.24) is 4.98 Å². The molecule has 1 N–H and O–H groups in total. The molecule has 2 aliphatic rings. The zero-order valence-electron chi connectivity index (χ0n) is 20.7. The number of ketones is 1.